The summed E-state index contributed by atoms with van der Waals surface area (Å²) in [6.07, 6.45) is 3.57. The van der Waals surface area contributed by atoms with Gasteiger partial charge in [-0.05, 0) is 17.7 Å². The molecule has 0 radical (unpaired) electrons. The van der Waals surface area contributed by atoms with Crippen molar-refractivity contribution >= 4 is 17.1 Å². The van der Waals surface area contributed by atoms with Crippen LogP contribution >= 0.6 is 0 Å². The Balaban J connectivity index is 2.42. The molecule has 1 heterocycles. The minimum Gasteiger partial charge on any atom is -0.313 e. The SMILES string of the molecule is CNN=Cc1ccc2[nH]ncc2c1. The molecule has 0 amide bonds. The Bertz CT molecular complexity index is 430. The van der Waals surface area contributed by atoms with E-state index in [2.05, 4.69) is 20.7 Å². The van der Waals surface area contributed by atoms with E-state index in [0.29, 0.717) is 0 Å². The maximum Gasteiger partial charge on any atom is 0.0650 e. The van der Waals surface area contributed by atoms with Crippen molar-refractivity contribution in [2.45, 2.75) is 0 Å². The van der Waals surface area contributed by atoms with E-state index in [4.69, 9.17) is 0 Å². The van der Waals surface area contributed by atoms with Crippen LogP contribution in [0.1, 0.15) is 5.56 Å². The maximum atomic E-state index is 3.94. The highest BCUT2D eigenvalue weighted by atomic mass is 15.3. The molecule has 0 bridgehead atoms. The van der Waals surface area contributed by atoms with Gasteiger partial charge in [-0.3, -0.25) is 5.10 Å². The Labute approximate surface area is 75.7 Å². The average Bonchev–Trinajstić information content (AvgIpc) is 2.61. The van der Waals surface area contributed by atoms with Crippen LogP contribution in [-0.2, 0) is 0 Å². The Hall–Kier alpha value is -1.84. The molecule has 2 N–H and O–H groups in total. The summed E-state index contributed by atoms with van der Waals surface area (Å²) >= 11 is 0. The summed E-state index contributed by atoms with van der Waals surface area (Å²) in [6, 6.07) is 6.00. The van der Waals surface area contributed by atoms with Crippen LogP contribution in [0.3, 0.4) is 0 Å². The first-order valence-electron chi connectivity index (χ1n) is 4.03. The van der Waals surface area contributed by atoms with Gasteiger partial charge in [0.05, 0.1) is 17.9 Å². The molecule has 4 heteroatoms. The first-order chi connectivity index (χ1) is 6.40. The minimum atomic E-state index is 1.04. The number of hydrazone groups is 1. The van der Waals surface area contributed by atoms with Crippen LogP contribution in [0.2, 0.25) is 0 Å². The van der Waals surface area contributed by atoms with E-state index < -0.39 is 0 Å². The van der Waals surface area contributed by atoms with Crippen LogP contribution in [0.5, 0.6) is 0 Å². The molecule has 66 valence electrons. The molecule has 2 aromatic rings. The number of aromatic amines is 1. The summed E-state index contributed by atoms with van der Waals surface area (Å²) in [5, 5.41) is 11.9. The summed E-state index contributed by atoms with van der Waals surface area (Å²) < 4.78 is 0. The van der Waals surface area contributed by atoms with Gasteiger partial charge < -0.3 is 5.43 Å². The highest BCUT2D eigenvalue weighted by molar-refractivity contribution is 5.88. The van der Waals surface area contributed by atoms with Crippen molar-refractivity contribution in [3.63, 3.8) is 0 Å². The number of fused-ring (bicyclic) bond motifs is 1. The predicted octanol–water partition coefficient (Wildman–Crippen LogP) is 1.12. The quantitative estimate of drug-likeness (QED) is 0.529. The van der Waals surface area contributed by atoms with Crippen molar-refractivity contribution < 1.29 is 0 Å². The fourth-order valence-corrected chi connectivity index (χ4v) is 1.18. The molecule has 0 saturated carbocycles. The number of hydrogen-bond donors (Lipinski definition) is 2. The zero-order chi connectivity index (χ0) is 9.10. The van der Waals surface area contributed by atoms with E-state index in [1.165, 1.54) is 0 Å². The van der Waals surface area contributed by atoms with E-state index >= 15 is 0 Å². The van der Waals surface area contributed by atoms with Gasteiger partial charge in [-0.25, -0.2) is 0 Å². The standard InChI is InChI=1S/C9H10N4/c1-10-11-5-7-2-3-9-8(4-7)6-12-13-9/h2-6,10H,1H3,(H,12,13). The van der Waals surface area contributed by atoms with Crippen molar-refractivity contribution in [2.24, 2.45) is 5.10 Å². The molecule has 0 fully saturated rings. The van der Waals surface area contributed by atoms with Crippen LogP contribution in [0.4, 0.5) is 0 Å². The molecule has 0 unspecified atom stereocenters. The summed E-state index contributed by atoms with van der Waals surface area (Å²) in [6.45, 7) is 0. The summed E-state index contributed by atoms with van der Waals surface area (Å²) in [5.41, 5.74) is 4.81. The lowest BCUT2D eigenvalue weighted by molar-refractivity contribution is 0.908. The molecule has 0 aliphatic rings. The fourth-order valence-electron chi connectivity index (χ4n) is 1.18. The lowest BCUT2D eigenvalue weighted by Crippen LogP contribution is -1.94. The predicted molar refractivity (Wildman–Crippen MR) is 52.7 cm³/mol. The average molecular weight is 174 g/mol. The second-order valence-corrected chi connectivity index (χ2v) is 2.70. The number of rotatable bonds is 2. The zero-order valence-corrected chi connectivity index (χ0v) is 7.28. The lowest BCUT2D eigenvalue weighted by atomic mass is 10.2. The second kappa shape index (κ2) is 3.26. The number of nitrogens with one attached hydrogen (secondary N) is 2. The highest BCUT2D eigenvalue weighted by Gasteiger charge is 1.94. The molecule has 0 aliphatic heterocycles. The Morgan fingerprint density at radius 2 is 2.46 bits per heavy atom. The van der Waals surface area contributed by atoms with Gasteiger partial charge in [0.15, 0.2) is 0 Å². The van der Waals surface area contributed by atoms with Crippen LogP contribution < -0.4 is 5.43 Å². The molecular weight excluding hydrogens is 164 g/mol. The normalized spacial score (nSPS) is 11.2. The first-order valence-corrected chi connectivity index (χ1v) is 4.03. The van der Waals surface area contributed by atoms with Gasteiger partial charge in [-0.2, -0.15) is 10.2 Å². The third-order valence-electron chi connectivity index (χ3n) is 1.81. The molecule has 0 atom stereocenters. The Morgan fingerprint density at radius 1 is 1.54 bits per heavy atom. The lowest BCUT2D eigenvalue weighted by Gasteiger charge is -1.92. The number of aromatic nitrogens is 2. The fraction of sp³-hybridized carbons (Fsp3) is 0.111. The minimum absolute atomic E-state index is 1.04. The largest absolute Gasteiger partial charge is 0.313 e. The molecule has 2 rings (SSSR count). The van der Waals surface area contributed by atoms with Gasteiger partial charge >= 0.3 is 0 Å². The van der Waals surface area contributed by atoms with Gasteiger partial charge in [-0.15, -0.1) is 0 Å². The van der Waals surface area contributed by atoms with Gasteiger partial charge in [0, 0.05) is 12.4 Å². The Kier molecular flexibility index (Phi) is 1.96. The van der Waals surface area contributed by atoms with E-state index in [9.17, 15) is 0 Å². The summed E-state index contributed by atoms with van der Waals surface area (Å²) in [4.78, 5) is 0. The number of hydrogen-bond acceptors (Lipinski definition) is 3. The van der Waals surface area contributed by atoms with E-state index in [0.717, 1.165) is 16.5 Å². The van der Waals surface area contributed by atoms with E-state index in [1.807, 2.05) is 18.2 Å². The van der Waals surface area contributed by atoms with Crippen LogP contribution in [0.25, 0.3) is 10.9 Å². The van der Waals surface area contributed by atoms with Crippen molar-refractivity contribution in [2.75, 3.05) is 7.05 Å². The molecule has 0 aliphatic carbocycles. The molecule has 0 spiro atoms. The molecule has 0 saturated heterocycles. The van der Waals surface area contributed by atoms with Crippen molar-refractivity contribution in [3.8, 4) is 0 Å². The van der Waals surface area contributed by atoms with E-state index in [-0.39, 0.29) is 0 Å². The summed E-state index contributed by atoms with van der Waals surface area (Å²) in [5.74, 6) is 0. The zero-order valence-electron chi connectivity index (χ0n) is 7.28. The molecule has 4 nitrogen and oxygen atoms in total. The highest BCUT2D eigenvalue weighted by Crippen LogP contribution is 2.11. The monoisotopic (exact) mass is 174 g/mol. The molecule has 1 aromatic heterocycles. The molecular formula is C9H10N4. The van der Waals surface area contributed by atoms with Gasteiger partial charge in [0.1, 0.15) is 0 Å². The second-order valence-electron chi connectivity index (χ2n) is 2.70. The van der Waals surface area contributed by atoms with E-state index in [1.54, 1.807) is 19.5 Å². The van der Waals surface area contributed by atoms with Crippen LogP contribution in [0, 0.1) is 0 Å². The van der Waals surface area contributed by atoms with Crippen molar-refractivity contribution in [1.29, 1.82) is 0 Å². The van der Waals surface area contributed by atoms with Crippen molar-refractivity contribution in [3.05, 3.63) is 30.0 Å². The van der Waals surface area contributed by atoms with Crippen molar-refractivity contribution in [1.82, 2.24) is 15.6 Å². The number of benzene rings is 1. The third kappa shape index (κ3) is 1.51. The molecule has 13 heavy (non-hydrogen) atoms. The smallest absolute Gasteiger partial charge is 0.0650 e. The van der Waals surface area contributed by atoms with Crippen LogP contribution in [-0.4, -0.2) is 23.5 Å². The first kappa shape index (κ1) is 7.79. The maximum absolute atomic E-state index is 3.94. The topological polar surface area (TPSA) is 53.1 Å². The summed E-state index contributed by atoms with van der Waals surface area (Å²) in [7, 11) is 1.77. The van der Waals surface area contributed by atoms with Gasteiger partial charge in [0.25, 0.3) is 0 Å². The third-order valence-corrected chi connectivity index (χ3v) is 1.81. The van der Waals surface area contributed by atoms with Gasteiger partial charge in [0.2, 0.25) is 0 Å². The van der Waals surface area contributed by atoms with Crippen LogP contribution in [0.15, 0.2) is 29.5 Å². The Morgan fingerprint density at radius 3 is 3.31 bits per heavy atom. The molecule has 1 aromatic carbocycles. The number of nitrogens with zero attached hydrogens (tertiary/aromatic N) is 2. The van der Waals surface area contributed by atoms with Gasteiger partial charge in [-0.1, -0.05) is 6.07 Å². The number of H-pyrrole nitrogens is 1.